The number of benzene rings is 2. The van der Waals surface area contributed by atoms with Gasteiger partial charge >= 0.3 is 5.97 Å². The van der Waals surface area contributed by atoms with Gasteiger partial charge < -0.3 is 15.0 Å². The normalized spacial score (nSPS) is 17.5. The highest BCUT2D eigenvalue weighted by Gasteiger charge is 2.32. The third-order valence-electron chi connectivity index (χ3n) is 6.40. The molecule has 0 unspecified atom stereocenters. The minimum Gasteiger partial charge on any atom is -0.465 e. The molecule has 2 aliphatic heterocycles. The summed E-state index contributed by atoms with van der Waals surface area (Å²) in [7, 11) is -2.44. The van der Waals surface area contributed by atoms with Crippen LogP contribution in [-0.2, 0) is 19.6 Å². The number of hydrogen-bond donors (Lipinski definition) is 1. The van der Waals surface area contributed by atoms with Crippen LogP contribution in [0.2, 0.25) is 0 Å². The SMILES string of the molecule is COC(=O)c1ccc(N2CCCC2)c(NC(=O)C2CCN(S(=O)(=O)c3ccc(F)cc3)CC2)c1. The maximum Gasteiger partial charge on any atom is 0.337 e. The summed E-state index contributed by atoms with van der Waals surface area (Å²) in [6.45, 7) is 2.14. The molecule has 0 aromatic heterocycles. The predicted molar refractivity (Wildman–Crippen MR) is 126 cm³/mol. The van der Waals surface area contributed by atoms with Gasteiger partial charge in [0.15, 0.2) is 0 Å². The third kappa shape index (κ3) is 5.07. The topological polar surface area (TPSA) is 96.0 Å². The van der Waals surface area contributed by atoms with Gasteiger partial charge in [0.2, 0.25) is 15.9 Å². The number of nitrogens with one attached hydrogen (secondary N) is 1. The lowest BCUT2D eigenvalue weighted by atomic mass is 9.97. The highest BCUT2D eigenvalue weighted by Crippen LogP contribution is 2.32. The van der Waals surface area contributed by atoms with Crippen LogP contribution in [0, 0.1) is 11.7 Å². The Bertz CT molecular complexity index is 1160. The van der Waals surface area contributed by atoms with Crippen LogP contribution in [0.15, 0.2) is 47.4 Å². The Morgan fingerprint density at radius 2 is 1.65 bits per heavy atom. The summed E-state index contributed by atoms with van der Waals surface area (Å²) in [5.41, 5.74) is 1.76. The average molecular weight is 490 g/mol. The molecule has 2 saturated heterocycles. The number of anilines is 2. The molecule has 2 heterocycles. The van der Waals surface area contributed by atoms with Crippen molar-refractivity contribution >= 4 is 33.3 Å². The number of methoxy groups -OCH3 is 1. The molecule has 0 bridgehead atoms. The number of carbonyl (C=O) groups is 2. The number of ether oxygens (including phenoxy) is 1. The molecular formula is C24H28FN3O5S. The van der Waals surface area contributed by atoms with Crippen molar-refractivity contribution in [2.45, 2.75) is 30.6 Å². The standard InChI is InChI=1S/C24H28FN3O5S/c1-33-24(30)18-4-9-22(27-12-2-3-13-27)21(16-18)26-23(29)17-10-14-28(15-11-17)34(31,32)20-7-5-19(25)6-8-20/h4-9,16-17H,2-3,10-15H2,1H3,(H,26,29). The molecule has 0 atom stereocenters. The molecule has 8 nitrogen and oxygen atoms in total. The summed E-state index contributed by atoms with van der Waals surface area (Å²) in [6, 6.07) is 9.88. The van der Waals surface area contributed by atoms with Crippen LogP contribution < -0.4 is 10.2 Å². The van der Waals surface area contributed by atoms with Gasteiger partial charge in [0.25, 0.3) is 0 Å². The maximum atomic E-state index is 13.2. The zero-order valence-corrected chi connectivity index (χ0v) is 19.8. The van der Waals surface area contributed by atoms with Crippen molar-refractivity contribution in [1.82, 2.24) is 4.31 Å². The zero-order chi connectivity index (χ0) is 24.3. The van der Waals surface area contributed by atoms with Crippen molar-refractivity contribution in [3.05, 3.63) is 53.8 Å². The molecule has 0 aliphatic carbocycles. The number of amides is 1. The highest BCUT2D eigenvalue weighted by molar-refractivity contribution is 7.89. The highest BCUT2D eigenvalue weighted by atomic mass is 32.2. The van der Waals surface area contributed by atoms with Gasteiger partial charge in [-0.15, -0.1) is 0 Å². The summed E-state index contributed by atoms with van der Waals surface area (Å²) in [6.07, 6.45) is 2.85. The number of hydrogen-bond acceptors (Lipinski definition) is 6. The molecule has 2 aliphatic rings. The van der Waals surface area contributed by atoms with Crippen LogP contribution in [-0.4, -0.2) is 57.9 Å². The summed E-state index contributed by atoms with van der Waals surface area (Å²) in [5.74, 6) is -1.56. The van der Waals surface area contributed by atoms with Gasteiger partial charge in [0.05, 0.1) is 28.9 Å². The van der Waals surface area contributed by atoms with Crippen molar-refractivity contribution in [1.29, 1.82) is 0 Å². The molecule has 0 spiro atoms. The number of nitrogens with zero attached hydrogens (tertiary/aromatic N) is 2. The molecule has 0 saturated carbocycles. The second-order valence-corrected chi connectivity index (χ2v) is 10.5. The van der Waals surface area contributed by atoms with E-state index in [2.05, 4.69) is 10.2 Å². The molecule has 1 amide bonds. The Morgan fingerprint density at radius 1 is 1.00 bits per heavy atom. The van der Waals surface area contributed by atoms with E-state index in [9.17, 15) is 22.4 Å². The fraction of sp³-hybridized carbons (Fsp3) is 0.417. The van der Waals surface area contributed by atoms with Gasteiger partial charge in [0, 0.05) is 32.1 Å². The first-order chi connectivity index (χ1) is 16.3. The van der Waals surface area contributed by atoms with Crippen LogP contribution in [0.3, 0.4) is 0 Å². The van der Waals surface area contributed by atoms with Gasteiger partial charge in [-0.2, -0.15) is 4.31 Å². The van der Waals surface area contributed by atoms with E-state index in [1.165, 1.54) is 23.5 Å². The lowest BCUT2D eigenvalue weighted by molar-refractivity contribution is -0.120. The first-order valence-corrected chi connectivity index (χ1v) is 12.8. The summed E-state index contributed by atoms with van der Waals surface area (Å²) < 4.78 is 45.0. The van der Waals surface area contributed by atoms with Crippen molar-refractivity contribution in [2.75, 3.05) is 43.5 Å². The van der Waals surface area contributed by atoms with E-state index >= 15 is 0 Å². The van der Waals surface area contributed by atoms with Crippen LogP contribution >= 0.6 is 0 Å². The van der Waals surface area contributed by atoms with Gasteiger partial charge in [-0.05, 0) is 68.1 Å². The molecule has 2 aromatic carbocycles. The van der Waals surface area contributed by atoms with Crippen LogP contribution in [0.5, 0.6) is 0 Å². The number of carbonyl (C=O) groups excluding carboxylic acids is 2. The summed E-state index contributed by atoms with van der Waals surface area (Å²) >= 11 is 0. The Labute approximate surface area is 198 Å². The van der Waals surface area contributed by atoms with Crippen LogP contribution in [0.4, 0.5) is 15.8 Å². The second kappa shape index (κ2) is 10.1. The Morgan fingerprint density at radius 3 is 2.26 bits per heavy atom. The van der Waals surface area contributed by atoms with Crippen molar-refractivity contribution in [2.24, 2.45) is 5.92 Å². The van der Waals surface area contributed by atoms with Crippen molar-refractivity contribution in [3.63, 3.8) is 0 Å². The first-order valence-electron chi connectivity index (χ1n) is 11.3. The Hall–Kier alpha value is -2.98. The van der Waals surface area contributed by atoms with E-state index in [1.807, 2.05) is 6.07 Å². The molecule has 2 fully saturated rings. The fourth-order valence-corrected chi connectivity index (χ4v) is 5.93. The van der Waals surface area contributed by atoms with Crippen molar-refractivity contribution in [3.8, 4) is 0 Å². The lowest BCUT2D eigenvalue weighted by Gasteiger charge is -2.31. The van der Waals surface area contributed by atoms with Gasteiger partial charge in [-0.25, -0.2) is 17.6 Å². The molecule has 0 radical (unpaired) electrons. The van der Waals surface area contributed by atoms with E-state index in [4.69, 9.17) is 4.74 Å². The van der Waals surface area contributed by atoms with Crippen molar-refractivity contribution < 1.29 is 27.1 Å². The summed E-state index contributed by atoms with van der Waals surface area (Å²) in [4.78, 5) is 27.3. The Kier molecular flexibility index (Phi) is 7.18. The maximum absolute atomic E-state index is 13.2. The minimum atomic E-state index is -3.75. The van der Waals surface area contributed by atoms with Gasteiger partial charge in [-0.3, -0.25) is 4.79 Å². The van der Waals surface area contributed by atoms with Crippen LogP contribution in [0.1, 0.15) is 36.0 Å². The smallest absolute Gasteiger partial charge is 0.337 e. The molecule has 2 aromatic rings. The number of piperidine rings is 1. The van der Waals surface area contributed by atoms with E-state index in [0.29, 0.717) is 24.1 Å². The van der Waals surface area contributed by atoms with Crippen LogP contribution in [0.25, 0.3) is 0 Å². The fourth-order valence-electron chi connectivity index (χ4n) is 4.46. The van der Waals surface area contributed by atoms with E-state index in [-0.39, 0.29) is 29.8 Å². The molecule has 1 N–H and O–H groups in total. The molecule has 10 heteroatoms. The van der Waals surface area contributed by atoms with E-state index in [1.54, 1.807) is 12.1 Å². The number of rotatable bonds is 6. The predicted octanol–water partition coefficient (Wildman–Crippen LogP) is 3.25. The van der Waals surface area contributed by atoms with E-state index < -0.39 is 21.8 Å². The number of sulfonamides is 1. The Balaban J connectivity index is 1.45. The molecule has 34 heavy (non-hydrogen) atoms. The monoisotopic (exact) mass is 489 g/mol. The zero-order valence-electron chi connectivity index (χ0n) is 19.0. The minimum absolute atomic E-state index is 0.0340. The quantitative estimate of drug-likeness (QED) is 0.626. The molecule has 4 rings (SSSR count). The molecular weight excluding hydrogens is 461 g/mol. The molecule has 182 valence electrons. The third-order valence-corrected chi connectivity index (χ3v) is 8.31. The van der Waals surface area contributed by atoms with E-state index in [0.717, 1.165) is 43.8 Å². The summed E-state index contributed by atoms with van der Waals surface area (Å²) in [5, 5.41) is 2.97. The number of esters is 1. The average Bonchev–Trinajstić information content (AvgIpc) is 3.38. The lowest BCUT2D eigenvalue weighted by Crippen LogP contribution is -2.41. The second-order valence-electron chi connectivity index (χ2n) is 8.54. The van der Waals surface area contributed by atoms with Gasteiger partial charge in [0.1, 0.15) is 5.82 Å². The first kappa shape index (κ1) is 24.2. The number of halogens is 1. The largest absolute Gasteiger partial charge is 0.465 e. The van der Waals surface area contributed by atoms with Gasteiger partial charge in [-0.1, -0.05) is 0 Å².